The first-order chi connectivity index (χ1) is 17.6. The van der Waals surface area contributed by atoms with Crippen LogP contribution in [-0.4, -0.2) is 42.4 Å². The van der Waals surface area contributed by atoms with Crippen LogP contribution in [0.5, 0.6) is 5.88 Å². The molecule has 0 radical (unpaired) electrons. The van der Waals surface area contributed by atoms with Crippen molar-refractivity contribution < 1.29 is 33.1 Å². The number of hydrogen-bond donors (Lipinski definition) is 2. The molecule has 0 aliphatic heterocycles. The molecule has 0 saturated heterocycles. The van der Waals surface area contributed by atoms with Crippen molar-refractivity contribution in [3.05, 3.63) is 59.1 Å². The number of nitrogens with two attached hydrogens (primary N) is 1. The van der Waals surface area contributed by atoms with Gasteiger partial charge in [-0.3, -0.25) is 4.79 Å². The third-order valence-corrected chi connectivity index (χ3v) is 7.06. The first kappa shape index (κ1) is 39.4. The Morgan fingerprint density at radius 1 is 1.00 bits per heavy atom. The van der Waals surface area contributed by atoms with Gasteiger partial charge in [-0.2, -0.15) is 8.67 Å². The Balaban J connectivity index is 0. The molecule has 3 aromatic rings. The zero-order chi connectivity index (χ0) is 27.8. The molecule has 0 amide bonds. The number of aromatic nitrogens is 1. The summed E-state index contributed by atoms with van der Waals surface area (Å²) in [6.45, 7) is 3.54. The second kappa shape index (κ2) is 22.0. The minimum absolute atomic E-state index is 0. The average molecular weight is 684 g/mol. The standard InChI is InChI=1S/C11H11NO3S2.C10H11BrO4S.C2H5NS.2CH4/c1-7-12-11(13)10(16-7)8-3-5-9(6-4-8)17-15-14-2;1-13-10(12)9(11)7-3-5-8(6-4-7)16-15-14-2;1-2(3)4;;/h3-6,13H,1-2H3;3-6,9H,1-2H3;1H3,(H2,3,4);2*1H4. The van der Waals surface area contributed by atoms with Crippen LogP contribution >= 0.6 is 63.6 Å². The molecule has 14 heteroatoms. The number of alkyl halides is 1. The number of nitrogens with zero attached hydrogens (tertiary/aromatic N) is 1. The van der Waals surface area contributed by atoms with Crippen LogP contribution in [0.1, 0.15) is 37.2 Å². The topological polar surface area (TPSA) is 122 Å². The van der Waals surface area contributed by atoms with Crippen LogP contribution in [0.15, 0.2) is 58.3 Å². The van der Waals surface area contributed by atoms with E-state index in [4.69, 9.17) is 14.4 Å². The highest BCUT2D eigenvalue weighted by molar-refractivity contribution is 9.09. The van der Waals surface area contributed by atoms with Gasteiger partial charge in [-0.25, -0.2) is 14.8 Å². The van der Waals surface area contributed by atoms with Crippen LogP contribution in [0, 0.1) is 6.92 Å². The molecule has 0 fully saturated rings. The number of thiocarbonyl (C=S) groups is 1. The Kier molecular flexibility index (Phi) is 22.2. The van der Waals surface area contributed by atoms with Crippen molar-refractivity contribution in [3.8, 4) is 16.3 Å². The number of esters is 1. The molecule has 0 aliphatic carbocycles. The van der Waals surface area contributed by atoms with Crippen molar-refractivity contribution in [2.75, 3.05) is 21.3 Å². The normalized spacial score (nSPS) is 10.3. The molecule has 1 unspecified atom stereocenters. The number of carbonyl (C=O) groups is 1. The van der Waals surface area contributed by atoms with Crippen LogP contribution in [0.4, 0.5) is 0 Å². The smallest absolute Gasteiger partial charge is 0.323 e. The number of rotatable bonds is 9. The highest BCUT2D eigenvalue weighted by Crippen LogP contribution is 2.35. The van der Waals surface area contributed by atoms with E-state index in [9.17, 15) is 9.90 Å². The number of aryl methyl sites for hydroxylation is 1. The number of thiazole rings is 1. The maximum atomic E-state index is 11.3. The fourth-order valence-electron chi connectivity index (χ4n) is 2.34. The molecule has 3 rings (SSSR count). The lowest BCUT2D eigenvalue weighted by Gasteiger charge is -2.08. The lowest BCUT2D eigenvalue weighted by molar-refractivity contribution is -0.160. The van der Waals surface area contributed by atoms with Gasteiger partial charge in [0.15, 0.2) is 0 Å². The predicted molar refractivity (Wildman–Crippen MR) is 168 cm³/mol. The number of carbonyl (C=O) groups excluding carboxylic acids is 1. The van der Waals surface area contributed by atoms with E-state index in [0.717, 1.165) is 54.9 Å². The molecule has 9 nitrogen and oxygen atoms in total. The van der Waals surface area contributed by atoms with Crippen LogP contribution in [0.3, 0.4) is 0 Å². The summed E-state index contributed by atoms with van der Waals surface area (Å²) >= 11 is 11.3. The van der Waals surface area contributed by atoms with E-state index in [1.54, 1.807) is 6.92 Å². The summed E-state index contributed by atoms with van der Waals surface area (Å²) in [4.78, 5) is 26.8. The lowest BCUT2D eigenvalue weighted by Crippen LogP contribution is -2.07. The van der Waals surface area contributed by atoms with Crippen molar-refractivity contribution in [1.29, 1.82) is 0 Å². The summed E-state index contributed by atoms with van der Waals surface area (Å²) in [5.41, 5.74) is 6.61. The molecule has 3 N–H and O–H groups in total. The van der Waals surface area contributed by atoms with Crippen molar-refractivity contribution >= 4 is 74.5 Å². The quantitative estimate of drug-likeness (QED) is 0.0570. The molecule has 1 aromatic heterocycles. The Morgan fingerprint density at radius 3 is 1.79 bits per heavy atom. The molecular formula is C25H35BrN2O7S4. The molecule has 0 spiro atoms. The maximum absolute atomic E-state index is 11.3. The van der Waals surface area contributed by atoms with Gasteiger partial charge < -0.3 is 15.6 Å². The number of ether oxygens (including phenoxy) is 1. The van der Waals surface area contributed by atoms with E-state index in [2.05, 4.69) is 47.6 Å². The van der Waals surface area contributed by atoms with E-state index >= 15 is 0 Å². The van der Waals surface area contributed by atoms with Gasteiger partial charge in [-0.05, 0) is 49.2 Å². The number of hydrogen-bond acceptors (Lipinski definition) is 12. The monoisotopic (exact) mass is 682 g/mol. The van der Waals surface area contributed by atoms with Gasteiger partial charge in [0, 0.05) is 9.79 Å². The molecule has 2 aromatic carbocycles. The summed E-state index contributed by atoms with van der Waals surface area (Å²) in [6, 6.07) is 14.9. The van der Waals surface area contributed by atoms with Gasteiger partial charge >= 0.3 is 5.97 Å². The van der Waals surface area contributed by atoms with Crippen molar-refractivity contribution in [2.24, 2.45) is 5.73 Å². The van der Waals surface area contributed by atoms with E-state index in [1.165, 1.54) is 32.7 Å². The van der Waals surface area contributed by atoms with Crippen LogP contribution in [0.2, 0.25) is 0 Å². The first-order valence-corrected chi connectivity index (χ1v) is 13.8. The Bertz CT molecular complexity index is 1100. The van der Waals surface area contributed by atoms with Gasteiger partial charge in [-0.1, -0.05) is 67.3 Å². The summed E-state index contributed by atoms with van der Waals surface area (Å²) < 4.78 is 14.1. The van der Waals surface area contributed by atoms with Gasteiger partial charge in [0.1, 0.15) is 4.83 Å². The first-order valence-electron chi connectivity index (χ1n) is 10.2. The Labute approximate surface area is 257 Å². The molecule has 1 atom stereocenters. The Hall–Kier alpha value is -1.75. The summed E-state index contributed by atoms with van der Waals surface area (Å²) in [5, 5.41) is 10.5. The summed E-state index contributed by atoms with van der Waals surface area (Å²) in [5.74, 6) is -0.241. The van der Waals surface area contributed by atoms with Gasteiger partial charge in [0.05, 0.1) is 60.3 Å². The molecule has 39 heavy (non-hydrogen) atoms. The zero-order valence-electron chi connectivity index (χ0n) is 20.6. The van der Waals surface area contributed by atoms with Crippen molar-refractivity contribution in [3.63, 3.8) is 0 Å². The minimum atomic E-state index is -0.445. The van der Waals surface area contributed by atoms with Gasteiger partial charge in [0.2, 0.25) is 5.88 Å². The van der Waals surface area contributed by atoms with E-state index in [1.807, 2.05) is 55.5 Å². The number of methoxy groups -OCH3 is 1. The average Bonchev–Trinajstić information content (AvgIpc) is 3.23. The highest BCUT2D eigenvalue weighted by atomic mass is 79.9. The van der Waals surface area contributed by atoms with E-state index in [0.29, 0.717) is 4.99 Å². The maximum Gasteiger partial charge on any atom is 0.323 e. The SMILES string of the molecule is C.C.CC(N)=S.COOSc1ccc(-c2sc(C)nc2O)cc1.COOSc1ccc(C(Br)C(=O)OC)cc1. The highest BCUT2D eigenvalue weighted by Gasteiger charge is 2.17. The van der Waals surface area contributed by atoms with E-state index < -0.39 is 4.83 Å². The van der Waals surface area contributed by atoms with Crippen LogP contribution in [0.25, 0.3) is 10.4 Å². The molecule has 0 saturated carbocycles. The lowest BCUT2D eigenvalue weighted by atomic mass is 10.1. The van der Waals surface area contributed by atoms with Crippen LogP contribution in [-0.2, 0) is 28.0 Å². The summed E-state index contributed by atoms with van der Waals surface area (Å²) in [7, 11) is 4.25. The third kappa shape index (κ3) is 15.6. The van der Waals surface area contributed by atoms with Crippen molar-refractivity contribution in [2.45, 2.75) is 43.3 Å². The number of halogens is 1. The molecule has 1 heterocycles. The molecule has 0 aliphatic rings. The second-order valence-electron chi connectivity index (χ2n) is 6.61. The molecule has 0 bridgehead atoms. The Morgan fingerprint density at radius 2 is 1.44 bits per heavy atom. The number of aromatic hydroxyl groups is 1. The largest absolute Gasteiger partial charge is 0.492 e. The molecular weight excluding hydrogens is 648 g/mol. The second-order valence-corrected chi connectivity index (χ2v) is 10.9. The molecule has 218 valence electrons. The van der Waals surface area contributed by atoms with Crippen LogP contribution < -0.4 is 5.73 Å². The van der Waals surface area contributed by atoms with Crippen molar-refractivity contribution in [1.82, 2.24) is 4.98 Å². The number of benzene rings is 2. The van der Waals surface area contributed by atoms with Gasteiger partial charge in [-0.15, -0.1) is 11.3 Å². The van der Waals surface area contributed by atoms with Gasteiger partial charge in [0.25, 0.3) is 0 Å². The minimum Gasteiger partial charge on any atom is -0.492 e. The third-order valence-electron chi connectivity index (χ3n) is 3.81. The fourth-order valence-corrected chi connectivity index (χ4v) is 4.44. The fraction of sp³-hybridized carbons (Fsp3) is 0.320. The predicted octanol–water partition coefficient (Wildman–Crippen LogP) is 7.85. The zero-order valence-corrected chi connectivity index (χ0v) is 25.5. The van der Waals surface area contributed by atoms with E-state index in [-0.39, 0.29) is 26.7 Å². The summed E-state index contributed by atoms with van der Waals surface area (Å²) in [6.07, 6.45) is 0.